The number of halogens is 1. The highest BCUT2D eigenvalue weighted by Crippen LogP contribution is 2.21. The van der Waals surface area contributed by atoms with E-state index in [0.29, 0.717) is 5.38 Å². The first-order chi connectivity index (χ1) is 6.83. The van der Waals surface area contributed by atoms with Crippen molar-refractivity contribution in [1.29, 1.82) is 0 Å². The van der Waals surface area contributed by atoms with Crippen molar-refractivity contribution in [2.24, 2.45) is 0 Å². The Bertz CT molecular complexity index is 138. The normalized spacial score (nSPS) is 28.7. The minimum atomic E-state index is 0.442. The molecule has 1 rings (SSSR count). The maximum atomic E-state index is 6.14. The molecule has 84 valence electrons. The minimum absolute atomic E-state index is 0.442. The van der Waals surface area contributed by atoms with Crippen LogP contribution in [0.5, 0.6) is 0 Å². The van der Waals surface area contributed by atoms with Crippen molar-refractivity contribution in [3.8, 4) is 0 Å². The number of nitrogens with one attached hydrogen (secondary N) is 1. The van der Waals surface area contributed by atoms with Gasteiger partial charge in [0.2, 0.25) is 0 Å². The van der Waals surface area contributed by atoms with Crippen molar-refractivity contribution in [3.05, 3.63) is 0 Å². The van der Waals surface area contributed by atoms with E-state index in [1.165, 1.54) is 57.9 Å². The molecule has 2 heteroatoms. The predicted octanol–water partition coefficient (Wildman–Crippen LogP) is 3.71. The zero-order chi connectivity index (χ0) is 10.2. The quantitative estimate of drug-likeness (QED) is 0.421. The summed E-state index contributed by atoms with van der Waals surface area (Å²) in [4.78, 5) is 0. The molecule has 2 atom stereocenters. The van der Waals surface area contributed by atoms with Crippen LogP contribution in [-0.2, 0) is 0 Å². The number of rotatable bonds is 5. The number of unbranched alkanes of at least 4 members (excludes halogenated alkanes) is 2. The van der Waals surface area contributed by atoms with Crippen molar-refractivity contribution >= 4 is 11.6 Å². The Morgan fingerprint density at radius 2 is 2.00 bits per heavy atom. The summed E-state index contributed by atoms with van der Waals surface area (Å²) in [6, 6.07) is 0.746. The second-order valence-corrected chi connectivity index (χ2v) is 5.08. The zero-order valence-electron chi connectivity index (χ0n) is 9.40. The van der Waals surface area contributed by atoms with E-state index in [4.69, 9.17) is 11.6 Å². The van der Waals surface area contributed by atoms with Gasteiger partial charge in [0.1, 0.15) is 0 Å². The van der Waals surface area contributed by atoms with Crippen molar-refractivity contribution in [2.45, 2.75) is 69.7 Å². The highest BCUT2D eigenvalue weighted by Gasteiger charge is 2.16. The van der Waals surface area contributed by atoms with Crippen molar-refractivity contribution in [2.75, 3.05) is 6.54 Å². The second-order valence-electron chi connectivity index (χ2n) is 4.46. The summed E-state index contributed by atoms with van der Waals surface area (Å²) < 4.78 is 0. The van der Waals surface area contributed by atoms with E-state index in [2.05, 4.69) is 12.2 Å². The van der Waals surface area contributed by atoms with E-state index in [9.17, 15) is 0 Å². The summed E-state index contributed by atoms with van der Waals surface area (Å²) in [6.45, 7) is 3.45. The van der Waals surface area contributed by atoms with Gasteiger partial charge in [0.05, 0.1) is 0 Å². The molecule has 0 aromatic heterocycles. The van der Waals surface area contributed by atoms with Crippen LogP contribution in [0.15, 0.2) is 0 Å². The monoisotopic (exact) mass is 217 g/mol. The van der Waals surface area contributed by atoms with Crippen LogP contribution >= 0.6 is 11.6 Å². The molecule has 0 bridgehead atoms. The minimum Gasteiger partial charge on any atom is -0.314 e. The lowest BCUT2D eigenvalue weighted by molar-refractivity contribution is 0.451. The topological polar surface area (TPSA) is 12.0 Å². The van der Waals surface area contributed by atoms with Crippen molar-refractivity contribution < 1.29 is 0 Å². The molecule has 1 nitrogen and oxygen atoms in total. The fourth-order valence-electron chi connectivity index (χ4n) is 2.14. The Labute approximate surface area is 93.6 Å². The highest BCUT2D eigenvalue weighted by atomic mass is 35.5. The molecule has 1 saturated carbocycles. The van der Waals surface area contributed by atoms with E-state index in [0.717, 1.165) is 6.04 Å². The van der Waals surface area contributed by atoms with Crippen LogP contribution in [0.2, 0.25) is 0 Å². The molecule has 1 aliphatic carbocycles. The molecular formula is C12H24ClN. The van der Waals surface area contributed by atoms with Crippen LogP contribution in [0.1, 0.15) is 58.3 Å². The van der Waals surface area contributed by atoms with Crippen molar-refractivity contribution in [1.82, 2.24) is 5.32 Å². The van der Waals surface area contributed by atoms with Crippen LogP contribution in [0.4, 0.5) is 0 Å². The van der Waals surface area contributed by atoms with Gasteiger partial charge in [0.25, 0.3) is 0 Å². The first-order valence-corrected chi connectivity index (χ1v) is 6.64. The van der Waals surface area contributed by atoms with Crippen LogP contribution in [-0.4, -0.2) is 18.0 Å². The van der Waals surface area contributed by atoms with Crippen LogP contribution in [0, 0.1) is 0 Å². The Morgan fingerprint density at radius 3 is 2.79 bits per heavy atom. The fraction of sp³-hybridized carbons (Fsp3) is 1.00. The number of hydrogen-bond donors (Lipinski definition) is 1. The van der Waals surface area contributed by atoms with Gasteiger partial charge in [-0.15, -0.1) is 11.6 Å². The molecular weight excluding hydrogens is 194 g/mol. The summed E-state index contributed by atoms with van der Waals surface area (Å²) in [5.41, 5.74) is 0. The molecule has 0 radical (unpaired) electrons. The molecule has 1 aliphatic rings. The molecule has 0 saturated heterocycles. The maximum Gasteiger partial charge on any atom is 0.0336 e. The van der Waals surface area contributed by atoms with Crippen molar-refractivity contribution in [3.63, 3.8) is 0 Å². The number of hydrogen-bond acceptors (Lipinski definition) is 1. The first-order valence-electron chi connectivity index (χ1n) is 6.20. The Balaban J connectivity index is 2.05. The molecule has 14 heavy (non-hydrogen) atoms. The summed E-state index contributed by atoms with van der Waals surface area (Å²) >= 11 is 6.14. The molecule has 1 N–H and O–H groups in total. The molecule has 0 amide bonds. The molecule has 2 unspecified atom stereocenters. The lowest BCUT2D eigenvalue weighted by Crippen LogP contribution is -2.29. The fourth-order valence-corrected chi connectivity index (χ4v) is 2.42. The van der Waals surface area contributed by atoms with Gasteiger partial charge in [0, 0.05) is 11.4 Å². The third-order valence-corrected chi connectivity index (χ3v) is 3.55. The molecule has 0 heterocycles. The maximum absolute atomic E-state index is 6.14. The van der Waals surface area contributed by atoms with Crippen LogP contribution in [0.3, 0.4) is 0 Å². The van der Waals surface area contributed by atoms with Gasteiger partial charge < -0.3 is 5.32 Å². The Hall–Kier alpha value is 0.250. The molecule has 1 fully saturated rings. The van der Waals surface area contributed by atoms with E-state index < -0.39 is 0 Å². The predicted molar refractivity (Wildman–Crippen MR) is 64.0 cm³/mol. The third kappa shape index (κ3) is 5.21. The van der Waals surface area contributed by atoms with Gasteiger partial charge in [-0.25, -0.2) is 0 Å². The summed E-state index contributed by atoms with van der Waals surface area (Å²) in [7, 11) is 0. The Morgan fingerprint density at radius 1 is 1.14 bits per heavy atom. The summed E-state index contributed by atoms with van der Waals surface area (Å²) in [5.74, 6) is 0. The van der Waals surface area contributed by atoms with E-state index in [1.807, 2.05) is 0 Å². The largest absolute Gasteiger partial charge is 0.314 e. The molecule has 0 aliphatic heterocycles. The van der Waals surface area contributed by atoms with E-state index in [-0.39, 0.29) is 0 Å². The lowest BCUT2D eigenvalue weighted by atomic mass is 10.1. The summed E-state index contributed by atoms with van der Waals surface area (Å²) in [5, 5.41) is 4.10. The van der Waals surface area contributed by atoms with Crippen LogP contribution < -0.4 is 5.32 Å². The van der Waals surface area contributed by atoms with Gasteiger partial charge in [-0.05, 0) is 38.6 Å². The average Bonchev–Trinajstić information content (AvgIpc) is 2.38. The number of alkyl halides is 1. The lowest BCUT2D eigenvalue weighted by Gasteiger charge is -2.15. The van der Waals surface area contributed by atoms with E-state index >= 15 is 0 Å². The van der Waals surface area contributed by atoms with E-state index in [1.54, 1.807) is 0 Å². The SMILES string of the molecule is CCCCCNC1CCCC(Cl)CC1. The Kier molecular flexibility index (Phi) is 6.63. The third-order valence-electron chi connectivity index (χ3n) is 3.11. The first kappa shape index (κ1) is 12.3. The van der Waals surface area contributed by atoms with Gasteiger partial charge in [-0.2, -0.15) is 0 Å². The smallest absolute Gasteiger partial charge is 0.0336 e. The van der Waals surface area contributed by atoms with Gasteiger partial charge >= 0.3 is 0 Å². The molecule has 0 aromatic carbocycles. The zero-order valence-corrected chi connectivity index (χ0v) is 10.2. The molecule has 0 spiro atoms. The average molecular weight is 218 g/mol. The van der Waals surface area contributed by atoms with Gasteiger partial charge in [-0.1, -0.05) is 26.2 Å². The van der Waals surface area contributed by atoms with Gasteiger partial charge in [-0.3, -0.25) is 0 Å². The molecule has 0 aromatic rings. The van der Waals surface area contributed by atoms with Crippen LogP contribution in [0.25, 0.3) is 0 Å². The second kappa shape index (κ2) is 7.53. The summed E-state index contributed by atoms with van der Waals surface area (Å²) in [6.07, 6.45) is 10.3. The standard InChI is InChI=1S/C12H24ClN/c1-2-3-4-10-14-12-7-5-6-11(13)8-9-12/h11-12,14H,2-10H2,1H3. The highest BCUT2D eigenvalue weighted by molar-refractivity contribution is 6.20. The van der Waals surface area contributed by atoms with Gasteiger partial charge in [0.15, 0.2) is 0 Å².